The summed E-state index contributed by atoms with van der Waals surface area (Å²) in [4.78, 5) is 8.54. The van der Waals surface area contributed by atoms with Gasteiger partial charge in [-0.05, 0) is 36.2 Å². The Morgan fingerprint density at radius 3 is 2.76 bits per heavy atom. The maximum Gasteiger partial charge on any atom is 0.123 e. The second-order valence-electron chi connectivity index (χ2n) is 5.06. The molecule has 0 saturated carbocycles. The van der Waals surface area contributed by atoms with Crippen molar-refractivity contribution in [1.82, 2.24) is 9.97 Å². The predicted octanol–water partition coefficient (Wildman–Crippen LogP) is 3.35. The fourth-order valence-corrected chi connectivity index (χ4v) is 2.49. The second-order valence-corrected chi connectivity index (χ2v) is 5.06. The first-order valence-corrected chi connectivity index (χ1v) is 6.78. The number of nitrogens with zero attached hydrogens (tertiary/aromatic N) is 2. The molecule has 106 valence electrons. The monoisotopic (exact) mass is 282 g/mol. The average Bonchev–Trinajstić information content (AvgIpc) is 2.49. The molecule has 3 rings (SSSR count). The lowest BCUT2D eigenvalue weighted by atomic mass is 9.97. The van der Waals surface area contributed by atoms with Crippen LogP contribution in [0.1, 0.15) is 22.8 Å². The quantitative estimate of drug-likeness (QED) is 0.801. The minimum atomic E-state index is -0.699. The van der Waals surface area contributed by atoms with E-state index in [9.17, 15) is 9.50 Å². The molecule has 0 amide bonds. The highest BCUT2D eigenvalue weighted by atomic mass is 19.1. The van der Waals surface area contributed by atoms with E-state index in [1.54, 1.807) is 18.5 Å². The van der Waals surface area contributed by atoms with Gasteiger partial charge in [-0.15, -0.1) is 0 Å². The number of rotatable bonds is 3. The van der Waals surface area contributed by atoms with E-state index >= 15 is 0 Å². The third-order valence-electron chi connectivity index (χ3n) is 3.61. The van der Waals surface area contributed by atoms with Gasteiger partial charge in [-0.25, -0.2) is 4.39 Å². The summed E-state index contributed by atoms with van der Waals surface area (Å²) >= 11 is 0. The summed E-state index contributed by atoms with van der Waals surface area (Å²) in [5.41, 5.74) is 3.95. The average molecular weight is 282 g/mol. The van der Waals surface area contributed by atoms with E-state index in [1.807, 2.05) is 25.1 Å². The van der Waals surface area contributed by atoms with Crippen LogP contribution >= 0.6 is 0 Å². The Morgan fingerprint density at radius 1 is 1.14 bits per heavy atom. The maximum atomic E-state index is 13.1. The fraction of sp³-hybridized carbons (Fsp3) is 0.176. The molecule has 3 aromatic rings. The SMILES string of the molecule is Cc1cc(F)ccc1CC(O)c1cccc2nccnc12. The number of para-hydroxylation sites is 1. The van der Waals surface area contributed by atoms with Crippen molar-refractivity contribution in [3.63, 3.8) is 0 Å². The van der Waals surface area contributed by atoms with Gasteiger partial charge in [-0.3, -0.25) is 9.97 Å². The lowest BCUT2D eigenvalue weighted by molar-refractivity contribution is 0.179. The Bertz CT molecular complexity index is 783. The van der Waals surface area contributed by atoms with Gasteiger partial charge in [0.1, 0.15) is 5.82 Å². The Labute approximate surface area is 122 Å². The summed E-state index contributed by atoms with van der Waals surface area (Å²) in [7, 11) is 0. The standard InChI is InChI=1S/C17H15FN2O/c1-11-9-13(18)6-5-12(11)10-16(21)14-3-2-4-15-17(14)20-8-7-19-15/h2-9,16,21H,10H2,1H3. The zero-order valence-corrected chi connectivity index (χ0v) is 11.6. The molecule has 1 N–H and O–H groups in total. The molecule has 1 aromatic heterocycles. The van der Waals surface area contributed by atoms with Crippen molar-refractivity contribution in [1.29, 1.82) is 0 Å². The number of fused-ring (bicyclic) bond motifs is 1. The molecule has 0 radical (unpaired) electrons. The van der Waals surface area contributed by atoms with Crippen LogP contribution in [0.3, 0.4) is 0 Å². The number of aryl methyl sites for hydroxylation is 1. The Balaban J connectivity index is 1.95. The first-order valence-electron chi connectivity index (χ1n) is 6.78. The smallest absolute Gasteiger partial charge is 0.123 e. The third kappa shape index (κ3) is 2.76. The molecular weight excluding hydrogens is 267 g/mol. The highest BCUT2D eigenvalue weighted by Crippen LogP contribution is 2.25. The molecule has 0 spiro atoms. The predicted molar refractivity (Wildman–Crippen MR) is 79.3 cm³/mol. The lowest BCUT2D eigenvalue weighted by Crippen LogP contribution is -2.05. The third-order valence-corrected chi connectivity index (χ3v) is 3.61. The highest BCUT2D eigenvalue weighted by Gasteiger charge is 2.14. The van der Waals surface area contributed by atoms with E-state index in [0.717, 1.165) is 22.2 Å². The number of halogens is 1. The summed E-state index contributed by atoms with van der Waals surface area (Å²) in [5, 5.41) is 10.5. The topological polar surface area (TPSA) is 46.0 Å². The van der Waals surface area contributed by atoms with Gasteiger partial charge in [0, 0.05) is 24.4 Å². The molecule has 0 bridgehead atoms. The molecule has 3 nitrogen and oxygen atoms in total. The van der Waals surface area contributed by atoms with Gasteiger partial charge in [0.05, 0.1) is 17.1 Å². The van der Waals surface area contributed by atoms with E-state index in [1.165, 1.54) is 12.1 Å². The summed E-state index contributed by atoms with van der Waals surface area (Å²) in [5.74, 6) is -0.262. The van der Waals surface area contributed by atoms with E-state index in [2.05, 4.69) is 9.97 Å². The highest BCUT2D eigenvalue weighted by molar-refractivity contribution is 5.77. The van der Waals surface area contributed by atoms with E-state index in [4.69, 9.17) is 0 Å². The number of hydrogen-bond acceptors (Lipinski definition) is 3. The summed E-state index contributed by atoms with van der Waals surface area (Å²) in [6, 6.07) is 10.2. The Morgan fingerprint density at radius 2 is 1.95 bits per heavy atom. The molecule has 0 saturated heterocycles. The van der Waals surface area contributed by atoms with Crippen LogP contribution in [0, 0.1) is 12.7 Å². The fourth-order valence-electron chi connectivity index (χ4n) is 2.49. The maximum absolute atomic E-state index is 13.1. The first-order chi connectivity index (χ1) is 10.1. The zero-order chi connectivity index (χ0) is 14.8. The van der Waals surface area contributed by atoms with Crippen LogP contribution in [0.5, 0.6) is 0 Å². The van der Waals surface area contributed by atoms with Gasteiger partial charge in [-0.1, -0.05) is 18.2 Å². The second kappa shape index (κ2) is 5.58. The molecule has 0 fully saturated rings. The first kappa shape index (κ1) is 13.6. The van der Waals surface area contributed by atoms with Crippen molar-refractivity contribution in [2.24, 2.45) is 0 Å². The molecule has 2 aromatic carbocycles. The van der Waals surface area contributed by atoms with E-state index in [0.29, 0.717) is 11.9 Å². The van der Waals surface area contributed by atoms with Crippen LogP contribution in [0.25, 0.3) is 11.0 Å². The zero-order valence-electron chi connectivity index (χ0n) is 11.6. The van der Waals surface area contributed by atoms with Crippen LogP contribution in [-0.4, -0.2) is 15.1 Å². The van der Waals surface area contributed by atoms with Crippen molar-refractivity contribution in [3.05, 3.63) is 71.3 Å². The van der Waals surface area contributed by atoms with Crippen molar-refractivity contribution >= 4 is 11.0 Å². The number of aliphatic hydroxyl groups is 1. The summed E-state index contributed by atoms with van der Waals surface area (Å²) in [6.07, 6.45) is 2.96. The Kier molecular flexibility index (Phi) is 3.62. The summed E-state index contributed by atoms with van der Waals surface area (Å²) < 4.78 is 13.1. The molecule has 21 heavy (non-hydrogen) atoms. The minimum Gasteiger partial charge on any atom is -0.388 e. The van der Waals surface area contributed by atoms with Crippen LogP contribution in [0.15, 0.2) is 48.8 Å². The molecule has 1 heterocycles. The Hall–Kier alpha value is -2.33. The number of aliphatic hydroxyl groups excluding tert-OH is 1. The largest absolute Gasteiger partial charge is 0.388 e. The van der Waals surface area contributed by atoms with Crippen LogP contribution in [0.4, 0.5) is 4.39 Å². The summed E-state index contributed by atoms with van der Waals surface area (Å²) in [6.45, 7) is 1.84. The number of benzene rings is 2. The van der Waals surface area contributed by atoms with Gasteiger partial charge in [-0.2, -0.15) is 0 Å². The van der Waals surface area contributed by atoms with Crippen LogP contribution in [-0.2, 0) is 6.42 Å². The lowest BCUT2D eigenvalue weighted by Gasteiger charge is -2.14. The van der Waals surface area contributed by atoms with Gasteiger partial charge >= 0.3 is 0 Å². The molecule has 0 aliphatic heterocycles. The van der Waals surface area contributed by atoms with Gasteiger partial charge < -0.3 is 5.11 Å². The molecule has 0 aliphatic carbocycles. The normalized spacial score (nSPS) is 12.5. The minimum absolute atomic E-state index is 0.262. The molecule has 4 heteroatoms. The molecule has 0 aliphatic rings. The number of aromatic nitrogens is 2. The molecule has 1 atom stereocenters. The number of hydrogen-bond donors (Lipinski definition) is 1. The van der Waals surface area contributed by atoms with Crippen LogP contribution < -0.4 is 0 Å². The van der Waals surface area contributed by atoms with Gasteiger partial charge in [0.15, 0.2) is 0 Å². The van der Waals surface area contributed by atoms with E-state index < -0.39 is 6.10 Å². The van der Waals surface area contributed by atoms with Crippen molar-refractivity contribution < 1.29 is 9.50 Å². The van der Waals surface area contributed by atoms with Crippen LogP contribution in [0.2, 0.25) is 0 Å². The van der Waals surface area contributed by atoms with Crippen molar-refractivity contribution in [3.8, 4) is 0 Å². The van der Waals surface area contributed by atoms with E-state index in [-0.39, 0.29) is 5.82 Å². The van der Waals surface area contributed by atoms with Crippen molar-refractivity contribution in [2.75, 3.05) is 0 Å². The molecular formula is C17H15FN2O. The molecule has 1 unspecified atom stereocenters. The van der Waals surface area contributed by atoms with Crippen molar-refractivity contribution in [2.45, 2.75) is 19.4 Å². The van der Waals surface area contributed by atoms with Gasteiger partial charge in [0.25, 0.3) is 0 Å². The van der Waals surface area contributed by atoms with Gasteiger partial charge in [0.2, 0.25) is 0 Å².